The number of nitrogens with zero attached hydrogens (tertiary/aromatic N) is 4. The van der Waals surface area contributed by atoms with Crippen LogP contribution in [0.4, 0.5) is 5.69 Å². The number of nitrogens with one attached hydrogen (secondary N) is 1. The Morgan fingerprint density at radius 2 is 1.55 bits per heavy atom. The topological polar surface area (TPSA) is 106 Å². The highest BCUT2D eigenvalue weighted by atomic mass is 32.2. The van der Waals surface area contributed by atoms with Gasteiger partial charge in [-0.2, -0.15) is 0 Å². The summed E-state index contributed by atoms with van der Waals surface area (Å²) in [5.74, 6) is 6.31. The highest BCUT2D eigenvalue weighted by Gasteiger charge is 2.16. The summed E-state index contributed by atoms with van der Waals surface area (Å²) in [6, 6.07) is 17.9. The van der Waals surface area contributed by atoms with Crippen LogP contribution in [-0.2, 0) is 16.0 Å². The van der Waals surface area contributed by atoms with Crippen LogP contribution in [0.15, 0.2) is 64.9 Å². The van der Waals surface area contributed by atoms with Gasteiger partial charge in [0.15, 0.2) is 0 Å². The lowest BCUT2D eigenvalue weighted by molar-refractivity contribution is -0.128. The highest BCUT2D eigenvalue weighted by molar-refractivity contribution is 8.00. The largest absolute Gasteiger partial charge is 0.343 e. The van der Waals surface area contributed by atoms with Crippen LogP contribution in [0.1, 0.15) is 25.0 Å². The fourth-order valence-corrected chi connectivity index (χ4v) is 4.66. The van der Waals surface area contributed by atoms with Crippen LogP contribution in [0.3, 0.4) is 0 Å². The molecule has 0 bridgehead atoms. The fraction of sp³-hybridized carbons (Fsp3) is 0.304. The molecule has 10 heteroatoms. The van der Waals surface area contributed by atoms with Crippen LogP contribution >= 0.6 is 23.5 Å². The molecule has 0 saturated heterocycles. The fourth-order valence-electron chi connectivity index (χ4n) is 3.18. The number of carbonyl (C=O) groups is 2. The second kappa shape index (κ2) is 12.3. The Morgan fingerprint density at radius 1 is 0.939 bits per heavy atom. The summed E-state index contributed by atoms with van der Waals surface area (Å²) in [6.07, 6.45) is 0.731. The summed E-state index contributed by atoms with van der Waals surface area (Å²) in [4.78, 5) is 26.5. The molecule has 33 heavy (non-hydrogen) atoms. The summed E-state index contributed by atoms with van der Waals surface area (Å²) in [7, 11) is 0. The first-order valence-electron chi connectivity index (χ1n) is 10.7. The molecule has 0 aliphatic rings. The van der Waals surface area contributed by atoms with Crippen LogP contribution in [0, 0.1) is 0 Å². The van der Waals surface area contributed by atoms with Gasteiger partial charge < -0.3 is 16.1 Å². The number of anilines is 1. The molecule has 1 aromatic heterocycles. The Morgan fingerprint density at radius 3 is 2.21 bits per heavy atom. The maximum absolute atomic E-state index is 12.6. The maximum Gasteiger partial charge on any atom is 0.234 e. The molecule has 3 rings (SSSR count). The van der Waals surface area contributed by atoms with Gasteiger partial charge in [-0.15, -0.1) is 10.2 Å². The minimum atomic E-state index is -0.158. The van der Waals surface area contributed by atoms with E-state index in [9.17, 15) is 9.59 Å². The third-order valence-corrected chi connectivity index (χ3v) is 6.81. The SMILES string of the molecule is CCN(CC)C(=O)CSc1nnc(SCC(=O)Nc2ccccc2Cc2ccccc2)n1N. The molecule has 0 saturated carbocycles. The van der Waals surface area contributed by atoms with Gasteiger partial charge in [0.1, 0.15) is 0 Å². The minimum Gasteiger partial charge on any atom is -0.343 e. The Hall–Kier alpha value is -2.98. The number of nitrogen functional groups attached to an aromatic ring is 1. The molecular weight excluding hydrogens is 456 g/mol. The summed E-state index contributed by atoms with van der Waals surface area (Å²) < 4.78 is 1.32. The van der Waals surface area contributed by atoms with E-state index in [0.29, 0.717) is 23.4 Å². The first-order valence-corrected chi connectivity index (χ1v) is 12.6. The van der Waals surface area contributed by atoms with Gasteiger partial charge >= 0.3 is 0 Å². The van der Waals surface area contributed by atoms with Crippen molar-refractivity contribution in [1.29, 1.82) is 0 Å². The van der Waals surface area contributed by atoms with Crippen LogP contribution in [0.25, 0.3) is 0 Å². The molecule has 2 aromatic carbocycles. The first kappa shape index (κ1) is 24.7. The lowest BCUT2D eigenvalue weighted by Gasteiger charge is -2.17. The number of thioether (sulfide) groups is 2. The normalized spacial score (nSPS) is 10.7. The Labute approximate surface area is 202 Å². The van der Waals surface area contributed by atoms with E-state index in [2.05, 4.69) is 27.6 Å². The van der Waals surface area contributed by atoms with Crippen molar-refractivity contribution < 1.29 is 9.59 Å². The smallest absolute Gasteiger partial charge is 0.234 e. The zero-order chi connectivity index (χ0) is 23.6. The molecule has 0 fully saturated rings. The van der Waals surface area contributed by atoms with Crippen molar-refractivity contribution >= 4 is 41.0 Å². The van der Waals surface area contributed by atoms with Gasteiger partial charge in [-0.3, -0.25) is 9.59 Å². The highest BCUT2D eigenvalue weighted by Crippen LogP contribution is 2.23. The molecule has 174 valence electrons. The van der Waals surface area contributed by atoms with Crippen LogP contribution in [-0.4, -0.2) is 56.2 Å². The molecule has 1 heterocycles. The first-order chi connectivity index (χ1) is 16.0. The summed E-state index contributed by atoms with van der Waals surface area (Å²) in [5.41, 5.74) is 3.00. The molecule has 0 aliphatic carbocycles. The number of carbonyl (C=O) groups excluding carboxylic acids is 2. The van der Waals surface area contributed by atoms with Gasteiger partial charge in [0.25, 0.3) is 0 Å². The van der Waals surface area contributed by atoms with Gasteiger partial charge in [0.2, 0.25) is 22.1 Å². The maximum atomic E-state index is 12.6. The monoisotopic (exact) mass is 484 g/mol. The zero-order valence-corrected chi connectivity index (χ0v) is 20.4. The summed E-state index contributed by atoms with van der Waals surface area (Å²) >= 11 is 2.43. The predicted octanol–water partition coefficient (Wildman–Crippen LogP) is 3.27. The predicted molar refractivity (Wildman–Crippen MR) is 134 cm³/mol. The lowest BCUT2D eigenvalue weighted by atomic mass is 10.0. The molecule has 3 N–H and O–H groups in total. The van der Waals surface area contributed by atoms with Gasteiger partial charge in [0.05, 0.1) is 11.5 Å². The second-order valence-electron chi connectivity index (χ2n) is 7.15. The van der Waals surface area contributed by atoms with Gasteiger partial charge in [-0.1, -0.05) is 72.1 Å². The van der Waals surface area contributed by atoms with E-state index in [1.54, 1.807) is 4.90 Å². The standard InChI is InChI=1S/C23H28N6O2S2/c1-3-28(4-2)21(31)16-33-23-27-26-22(29(23)24)32-15-20(30)25-19-13-9-8-12-18(19)14-17-10-6-5-7-11-17/h5-13H,3-4,14-16,24H2,1-2H3,(H,25,30). The van der Waals surface area contributed by atoms with E-state index in [0.717, 1.165) is 17.7 Å². The molecule has 2 amide bonds. The van der Waals surface area contributed by atoms with E-state index in [-0.39, 0.29) is 23.3 Å². The number of benzene rings is 2. The van der Waals surface area contributed by atoms with Crippen LogP contribution in [0.5, 0.6) is 0 Å². The van der Waals surface area contributed by atoms with Crippen molar-refractivity contribution in [1.82, 2.24) is 19.8 Å². The Bertz CT molecular complexity index is 1070. The molecule has 3 aromatic rings. The molecular formula is C23H28N6O2S2. The van der Waals surface area contributed by atoms with E-state index < -0.39 is 0 Å². The number of amides is 2. The van der Waals surface area contributed by atoms with Gasteiger partial charge in [-0.25, -0.2) is 4.68 Å². The van der Waals surface area contributed by atoms with E-state index in [1.165, 1.54) is 33.8 Å². The van der Waals surface area contributed by atoms with Crippen molar-refractivity contribution in [2.24, 2.45) is 0 Å². The van der Waals surface area contributed by atoms with Gasteiger partial charge in [0, 0.05) is 18.8 Å². The number of rotatable bonds is 11. The summed E-state index contributed by atoms with van der Waals surface area (Å²) in [5, 5.41) is 11.9. The molecule has 0 radical (unpaired) electrons. The van der Waals surface area contributed by atoms with E-state index >= 15 is 0 Å². The van der Waals surface area contributed by atoms with Crippen molar-refractivity contribution in [3.05, 3.63) is 65.7 Å². The van der Waals surface area contributed by atoms with Crippen molar-refractivity contribution in [3.8, 4) is 0 Å². The van der Waals surface area contributed by atoms with Crippen LogP contribution in [0.2, 0.25) is 0 Å². The molecule has 0 spiro atoms. The Kier molecular flexibility index (Phi) is 9.20. The lowest BCUT2D eigenvalue weighted by Crippen LogP contribution is -2.32. The number of para-hydroxylation sites is 1. The average Bonchev–Trinajstić information content (AvgIpc) is 3.18. The Balaban J connectivity index is 1.54. The molecule has 8 nitrogen and oxygen atoms in total. The van der Waals surface area contributed by atoms with Crippen molar-refractivity contribution in [3.63, 3.8) is 0 Å². The zero-order valence-electron chi connectivity index (χ0n) is 18.7. The van der Waals surface area contributed by atoms with Crippen LogP contribution < -0.4 is 11.2 Å². The minimum absolute atomic E-state index is 0.0238. The van der Waals surface area contributed by atoms with E-state index in [4.69, 9.17) is 5.84 Å². The average molecular weight is 485 g/mol. The molecule has 0 atom stereocenters. The number of hydrogen-bond donors (Lipinski definition) is 2. The number of hydrogen-bond acceptors (Lipinski definition) is 7. The molecule has 0 unspecified atom stereocenters. The van der Waals surface area contributed by atoms with Crippen molar-refractivity contribution in [2.75, 3.05) is 35.8 Å². The quantitative estimate of drug-likeness (QED) is 0.318. The second-order valence-corrected chi connectivity index (χ2v) is 9.03. The third kappa shape index (κ3) is 7.00. The molecule has 0 aliphatic heterocycles. The third-order valence-electron chi connectivity index (χ3n) is 4.94. The van der Waals surface area contributed by atoms with E-state index in [1.807, 2.05) is 56.3 Å². The number of nitrogens with two attached hydrogens (primary N) is 1. The van der Waals surface area contributed by atoms with Gasteiger partial charge in [-0.05, 0) is 37.5 Å². The van der Waals surface area contributed by atoms with Crippen molar-refractivity contribution in [2.45, 2.75) is 30.6 Å². The summed E-state index contributed by atoms with van der Waals surface area (Å²) in [6.45, 7) is 5.21. The number of aromatic nitrogens is 3.